The fourth-order valence-corrected chi connectivity index (χ4v) is 1.84. The van der Waals surface area contributed by atoms with Crippen LogP contribution in [0, 0.1) is 5.82 Å². The minimum Gasteiger partial charge on any atom is -0.384 e. The number of rotatable bonds is 6. The topological polar surface area (TPSA) is 54.0 Å². The lowest BCUT2D eigenvalue weighted by molar-refractivity contribution is -0.115. The minimum absolute atomic E-state index is 0.00973. The van der Waals surface area contributed by atoms with Crippen molar-refractivity contribution >= 4 is 17.4 Å². The summed E-state index contributed by atoms with van der Waals surface area (Å²) in [5, 5.41) is 5.85. The smallest absolute Gasteiger partial charge is 0.230 e. The van der Waals surface area contributed by atoms with Gasteiger partial charge in [0.1, 0.15) is 11.6 Å². The number of hydrogen-bond donors (Lipinski definition) is 2. The first kappa shape index (κ1) is 15.0. The molecule has 0 saturated heterocycles. The van der Waals surface area contributed by atoms with Gasteiger partial charge in [0.15, 0.2) is 0 Å². The monoisotopic (exact) mass is 287 g/mol. The molecular formula is C16H18FN3O. The van der Waals surface area contributed by atoms with Crippen molar-refractivity contribution in [2.45, 2.75) is 19.8 Å². The molecule has 1 aromatic heterocycles. The summed E-state index contributed by atoms with van der Waals surface area (Å²) >= 11 is 0. The highest BCUT2D eigenvalue weighted by atomic mass is 19.1. The predicted octanol–water partition coefficient (Wildman–Crippen LogP) is 3.22. The van der Waals surface area contributed by atoms with E-state index in [-0.39, 0.29) is 18.1 Å². The molecule has 1 aromatic carbocycles. The molecule has 0 spiro atoms. The van der Waals surface area contributed by atoms with Gasteiger partial charge in [-0.15, -0.1) is 0 Å². The number of amides is 1. The maximum absolute atomic E-state index is 13.5. The van der Waals surface area contributed by atoms with E-state index >= 15 is 0 Å². The summed E-state index contributed by atoms with van der Waals surface area (Å²) in [6.45, 7) is 2.96. The number of halogens is 1. The van der Waals surface area contributed by atoms with Gasteiger partial charge in [-0.05, 0) is 30.2 Å². The summed E-state index contributed by atoms with van der Waals surface area (Å²) in [4.78, 5) is 16.0. The number of carbonyl (C=O) groups is 1. The molecule has 0 saturated carbocycles. The lowest BCUT2D eigenvalue weighted by Gasteiger charge is -2.07. The Morgan fingerprint density at radius 2 is 2.05 bits per heavy atom. The second kappa shape index (κ2) is 7.38. The Hall–Kier alpha value is -2.43. The Kier molecular flexibility index (Phi) is 5.26. The zero-order valence-electron chi connectivity index (χ0n) is 11.9. The second-order valence-corrected chi connectivity index (χ2v) is 4.68. The maximum atomic E-state index is 13.5. The van der Waals surface area contributed by atoms with Gasteiger partial charge in [-0.1, -0.05) is 25.1 Å². The molecule has 0 aliphatic heterocycles. The van der Waals surface area contributed by atoms with Crippen LogP contribution >= 0.6 is 0 Å². The van der Waals surface area contributed by atoms with Crippen LogP contribution in [0.5, 0.6) is 0 Å². The van der Waals surface area contributed by atoms with Gasteiger partial charge in [0.2, 0.25) is 5.91 Å². The molecular weight excluding hydrogens is 269 g/mol. The Labute approximate surface area is 123 Å². The number of nitrogens with one attached hydrogen (secondary N) is 2. The molecule has 0 bridgehead atoms. The number of aromatic nitrogens is 1. The van der Waals surface area contributed by atoms with Gasteiger partial charge in [-0.3, -0.25) is 4.79 Å². The van der Waals surface area contributed by atoms with Crippen LogP contribution in [0.1, 0.15) is 18.9 Å². The molecule has 2 aromatic rings. The van der Waals surface area contributed by atoms with Gasteiger partial charge in [0, 0.05) is 6.54 Å². The Morgan fingerprint density at radius 1 is 1.24 bits per heavy atom. The zero-order chi connectivity index (χ0) is 15.1. The molecule has 2 N–H and O–H groups in total. The number of nitrogens with zero attached hydrogens (tertiary/aromatic N) is 1. The van der Waals surface area contributed by atoms with Crippen molar-refractivity contribution in [1.29, 1.82) is 0 Å². The molecule has 110 valence electrons. The molecule has 4 nitrogen and oxygen atoms in total. The molecule has 0 aliphatic rings. The van der Waals surface area contributed by atoms with Gasteiger partial charge >= 0.3 is 0 Å². The molecule has 0 fully saturated rings. The average molecular weight is 287 g/mol. The van der Waals surface area contributed by atoms with Crippen LogP contribution in [-0.2, 0) is 11.2 Å². The molecule has 5 heteroatoms. The van der Waals surface area contributed by atoms with Crippen LogP contribution in [0.25, 0.3) is 0 Å². The van der Waals surface area contributed by atoms with E-state index in [1.165, 1.54) is 6.07 Å². The van der Waals surface area contributed by atoms with Crippen LogP contribution in [0.3, 0.4) is 0 Å². The van der Waals surface area contributed by atoms with E-state index in [1.54, 1.807) is 30.5 Å². The molecule has 1 amide bonds. The fraction of sp³-hybridized carbons (Fsp3) is 0.250. The summed E-state index contributed by atoms with van der Waals surface area (Å²) in [5.41, 5.74) is 1.28. The third-order valence-electron chi connectivity index (χ3n) is 2.92. The van der Waals surface area contributed by atoms with Gasteiger partial charge in [-0.25, -0.2) is 9.37 Å². The highest BCUT2D eigenvalue weighted by molar-refractivity contribution is 5.91. The molecule has 0 radical (unpaired) electrons. The highest BCUT2D eigenvalue weighted by Gasteiger charge is 2.08. The molecule has 0 unspecified atom stereocenters. The quantitative estimate of drug-likeness (QED) is 0.857. The summed E-state index contributed by atoms with van der Waals surface area (Å²) in [5.74, 6) is -0.208. The van der Waals surface area contributed by atoms with Gasteiger partial charge in [-0.2, -0.15) is 0 Å². The Balaban J connectivity index is 1.92. The largest absolute Gasteiger partial charge is 0.384 e. The van der Waals surface area contributed by atoms with Crippen molar-refractivity contribution in [3.63, 3.8) is 0 Å². The number of pyridine rings is 1. The normalized spacial score (nSPS) is 10.2. The maximum Gasteiger partial charge on any atom is 0.230 e. The van der Waals surface area contributed by atoms with Crippen LogP contribution in [-0.4, -0.2) is 17.4 Å². The average Bonchev–Trinajstić information content (AvgIpc) is 2.49. The third-order valence-corrected chi connectivity index (χ3v) is 2.92. The van der Waals surface area contributed by atoms with E-state index in [4.69, 9.17) is 0 Å². The molecule has 0 aliphatic carbocycles. The lowest BCUT2D eigenvalue weighted by atomic mass is 10.1. The predicted molar refractivity (Wildman–Crippen MR) is 81.8 cm³/mol. The number of carbonyl (C=O) groups excluding carboxylic acids is 1. The first-order chi connectivity index (χ1) is 10.2. The van der Waals surface area contributed by atoms with Crippen molar-refractivity contribution in [2.75, 3.05) is 17.2 Å². The van der Waals surface area contributed by atoms with E-state index in [2.05, 4.69) is 22.5 Å². The number of benzene rings is 1. The Bertz CT molecular complexity index is 599. The van der Waals surface area contributed by atoms with E-state index in [0.29, 0.717) is 11.4 Å². The van der Waals surface area contributed by atoms with E-state index in [1.807, 2.05) is 6.07 Å². The lowest BCUT2D eigenvalue weighted by Crippen LogP contribution is -2.16. The van der Waals surface area contributed by atoms with Crippen molar-refractivity contribution < 1.29 is 9.18 Å². The van der Waals surface area contributed by atoms with Crippen LogP contribution in [0.15, 0.2) is 42.6 Å². The summed E-state index contributed by atoms with van der Waals surface area (Å²) in [7, 11) is 0. The van der Waals surface area contributed by atoms with E-state index in [9.17, 15) is 9.18 Å². The van der Waals surface area contributed by atoms with Crippen LogP contribution in [0.4, 0.5) is 15.9 Å². The van der Waals surface area contributed by atoms with Crippen molar-refractivity contribution in [2.24, 2.45) is 0 Å². The summed E-state index contributed by atoms with van der Waals surface area (Å²) < 4.78 is 13.5. The molecule has 21 heavy (non-hydrogen) atoms. The first-order valence-electron chi connectivity index (χ1n) is 6.92. The van der Waals surface area contributed by atoms with Crippen LogP contribution < -0.4 is 10.6 Å². The van der Waals surface area contributed by atoms with Gasteiger partial charge in [0.05, 0.1) is 18.3 Å². The standard InChI is InChI=1S/C16H18FN3O/c1-2-9-18-13-7-8-15(19-11-13)20-16(21)10-12-5-3-4-6-14(12)17/h3-8,11,18H,2,9-10H2,1H3,(H,19,20,21). The molecule has 0 atom stereocenters. The fourth-order valence-electron chi connectivity index (χ4n) is 1.84. The van der Waals surface area contributed by atoms with Crippen molar-refractivity contribution in [1.82, 2.24) is 4.98 Å². The van der Waals surface area contributed by atoms with Crippen molar-refractivity contribution in [3.05, 3.63) is 54.0 Å². The Morgan fingerprint density at radius 3 is 2.71 bits per heavy atom. The van der Waals surface area contributed by atoms with E-state index < -0.39 is 0 Å². The third kappa shape index (κ3) is 4.56. The highest BCUT2D eigenvalue weighted by Crippen LogP contribution is 2.11. The minimum atomic E-state index is -0.375. The van der Waals surface area contributed by atoms with Crippen LogP contribution in [0.2, 0.25) is 0 Å². The first-order valence-corrected chi connectivity index (χ1v) is 6.92. The van der Waals surface area contributed by atoms with Gasteiger partial charge in [0.25, 0.3) is 0 Å². The zero-order valence-corrected chi connectivity index (χ0v) is 11.9. The molecule has 2 rings (SSSR count). The van der Waals surface area contributed by atoms with Gasteiger partial charge < -0.3 is 10.6 Å². The summed E-state index contributed by atoms with van der Waals surface area (Å²) in [6.07, 6.45) is 2.68. The number of hydrogen-bond acceptors (Lipinski definition) is 3. The number of anilines is 2. The van der Waals surface area contributed by atoms with Crippen molar-refractivity contribution in [3.8, 4) is 0 Å². The summed E-state index contributed by atoms with van der Waals surface area (Å²) in [6, 6.07) is 9.81. The SMILES string of the molecule is CCCNc1ccc(NC(=O)Cc2ccccc2F)nc1. The van der Waals surface area contributed by atoms with E-state index in [0.717, 1.165) is 18.7 Å². The second-order valence-electron chi connectivity index (χ2n) is 4.68. The molecule has 1 heterocycles.